The molecule has 2 N–H and O–H groups in total. The fourth-order valence-electron chi connectivity index (χ4n) is 4.84. The number of halogens is 2. The van der Waals surface area contributed by atoms with Crippen molar-refractivity contribution in [3.63, 3.8) is 0 Å². The van der Waals surface area contributed by atoms with Crippen LogP contribution < -0.4 is 28.6 Å². The molecule has 1 heterocycles. The topological polar surface area (TPSA) is 84.1 Å². The highest BCUT2D eigenvalue weighted by molar-refractivity contribution is 5.85. The number of rotatable bonds is 8. The Bertz CT molecular complexity index is 1320. The quantitative estimate of drug-likeness (QED) is 0.332. The van der Waals surface area contributed by atoms with E-state index < -0.39 is 0 Å². The summed E-state index contributed by atoms with van der Waals surface area (Å²) in [5.74, 6) is 10.2. The van der Waals surface area contributed by atoms with Crippen molar-refractivity contribution in [2.24, 2.45) is 0 Å². The van der Waals surface area contributed by atoms with Crippen molar-refractivity contribution >= 4 is 30.5 Å². The number of piperazine rings is 1. The van der Waals surface area contributed by atoms with E-state index >= 15 is 0 Å². The maximum Gasteiger partial charge on any atom is 0.161 e. The van der Waals surface area contributed by atoms with E-state index in [2.05, 4.69) is 46.8 Å². The predicted molar refractivity (Wildman–Crippen MR) is 168 cm³/mol. The fraction of sp³-hybridized carbons (Fsp3) is 0.355. The van der Waals surface area contributed by atoms with Crippen LogP contribution in [0.15, 0.2) is 54.6 Å². The molecule has 0 aliphatic carbocycles. The van der Waals surface area contributed by atoms with Crippen LogP contribution in [0.4, 0.5) is 5.69 Å². The molecule has 1 aliphatic rings. The molecule has 10 heteroatoms. The van der Waals surface area contributed by atoms with Gasteiger partial charge in [0.05, 0.1) is 41.2 Å². The molecule has 0 radical (unpaired) electrons. The van der Waals surface area contributed by atoms with Gasteiger partial charge in [0, 0.05) is 43.3 Å². The molecule has 3 aromatic rings. The van der Waals surface area contributed by atoms with Crippen LogP contribution in [0.25, 0.3) is 0 Å². The first-order valence-electron chi connectivity index (χ1n) is 12.6. The van der Waals surface area contributed by atoms with Gasteiger partial charge in [-0.3, -0.25) is 4.90 Å². The van der Waals surface area contributed by atoms with Gasteiger partial charge in [0.15, 0.2) is 23.0 Å². The van der Waals surface area contributed by atoms with E-state index in [-0.39, 0.29) is 36.3 Å². The summed E-state index contributed by atoms with van der Waals surface area (Å²) < 4.78 is 27.6. The Labute approximate surface area is 255 Å². The van der Waals surface area contributed by atoms with Gasteiger partial charge in [-0.2, -0.15) is 0 Å². The summed E-state index contributed by atoms with van der Waals surface area (Å²) in [6.45, 7) is 5.86. The van der Waals surface area contributed by atoms with Crippen LogP contribution in [0.5, 0.6) is 28.7 Å². The van der Waals surface area contributed by atoms with Gasteiger partial charge in [-0.15, -0.1) is 24.8 Å². The van der Waals surface area contributed by atoms with Gasteiger partial charge in [0.25, 0.3) is 0 Å². The van der Waals surface area contributed by atoms with E-state index in [4.69, 9.17) is 23.7 Å². The lowest BCUT2D eigenvalue weighted by Crippen LogP contribution is -2.47. The molecule has 0 spiro atoms. The highest BCUT2D eigenvalue weighted by atomic mass is 35.5. The second-order valence-corrected chi connectivity index (χ2v) is 8.99. The minimum atomic E-state index is 0. The van der Waals surface area contributed by atoms with Gasteiger partial charge >= 0.3 is 0 Å². The van der Waals surface area contributed by atoms with Crippen LogP contribution in [-0.4, -0.2) is 72.1 Å². The molecule has 224 valence electrons. The molecular weight excluding hydrogens is 567 g/mol. The summed E-state index contributed by atoms with van der Waals surface area (Å²) >= 11 is 0. The maximum atomic E-state index is 5.64. The summed E-state index contributed by atoms with van der Waals surface area (Å²) in [7, 11) is 8.27. The maximum absolute atomic E-state index is 5.64. The van der Waals surface area contributed by atoms with Crippen LogP contribution in [0.1, 0.15) is 29.7 Å². The third-order valence-corrected chi connectivity index (χ3v) is 7.02. The van der Waals surface area contributed by atoms with E-state index in [0.29, 0.717) is 23.0 Å². The molecule has 1 atom stereocenters. The van der Waals surface area contributed by atoms with Crippen LogP contribution in [-0.2, 0) is 0 Å². The normalized spacial score (nSPS) is 13.2. The number of para-hydroxylation sites is 2. The van der Waals surface area contributed by atoms with Crippen molar-refractivity contribution in [2.75, 3.05) is 66.6 Å². The smallest absolute Gasteiger partial charge is 0.161 e. The number of anilines is 1. The monoisotopic (exact) mass is 606 g/mol. The highest BCUT2D eigenvalue weighted by Gasteiger charge is 2.26. The Balaban J connectivity index is 0.00000280. The van der Waals surface area contributed by atoms with Gasteiger partial charge < -0.3 is 34.1 Å². The third kappa shape index (κ3) is 8.05. The highest BCUT2D eigenvalue weighted by Crippen LogP contribution is 2.36. The van der Waals surface area contributed by atoms with E-state index in [1.54, 1.807) is 35.5 Å². The number of benzene rings is 3. The van der Waals surface area contributed by atoms with Crippen molar-refractivity contribution < 1.29 is 29.2 Å². The van der Waals surface area contributed by atoms with E-state index in [0.717, 1.165) is 54.3 Å². The number of ether oxygens (including phenoxy) is 5. The molecular formula is C31H40Cl2N2O6. The molecule has 3 aromatic carbocycles. The summed E-state index contributed by atoms with van der Waals surface area (Å²) in [5, 5.41) is 0. The van der Waals surface area contributed by atoms with Crippen LogP contribution >= 0.6 is 24.8 Å². The van der Waals surface area contributed by atoms with Gasteiger partial charge in [-0.25, -0.2) is 0 Å². The molecule has 1 saturated heterocycles. The van der Waals surface area contributed by atoms with Crippen molar-refractivity contribution in [2.45, 2.75) is 13.0 Å². The molecule has 1 unspecified atom stereocenters. The molecule has 41 heavy (non-hydrogen) atoms. The van der Waals surface area contributed by atoms with E-state index in [1.807, 2.05) is 36.4 Å². The molecule has 8 nitrogen and oxygen atoms in total. The molecule has 0 aromatic heterocycles. The summed E-state index contributed by atoms with van der Waals surface area (Å²) in [4.78, 5) is 4.86. The summed E-state index contributed by atoms with van der Waals surface area (Å²) in [6.07, 6.45) is 0. The van der Waals surface area contributed by atoms with Crippen molar-refractivity contribution in [3.05, 3.63) is 71.3 Å². The average Bonchev–Trinajstić information content (AvgIpc) is 2.98. The van der Waals surface area contributed by atoms with Crippen molar-refractivity contribution in [1.29, 1.82) is 0 Å². The molecule has 1 aliphatic heterocycles. The van der Waals surface area contributed by atoms with Crippen LogP contribution in [0.2, 0.25) is 0 Å². The lowest BCUT2D eigenvalue weighted by molar-refractivity contribution is 0.197. The predicted octanol–water partition coefficient (Wildman–Crippen LogP) is 5.03. The van der Waals surface area contributed by atoms with Gasteiger partial charge in [0.1, 0.15) is 5.75 Å². The zero-order chi connectivity index (χ0) is 27.1. The van der Waals surface area contributed by atoms with Crippen molar-refractivity contribution in [1.82, 2.24) is 4.90 Å². The van der Waals surface area contributed by atoms with Crippen molar-refractivity contribution in [3.8, 4) is 40.6 Å². The molecule has 4 rings (SSSR count). The number of methoxy groups -OCH3 is 5. The molecule has 0 bridgehead atoms. The average molecular weight is 608 g/mol. The molecule has 0 saturated carbocycles. The summed E-state index contributed by atoms with van der Waals surface area (Å²) in [6, 6.07) is 18.0. The Morgan fingerprint density at radius 3 is 1.80 bits per heavy atom. The standard InChI is InChI=1S/C31H36N2O5.2ClH.H2O/c1-22(32-15-17-33(18-16-32)26-9-7-8-10-27(26)34-2)25-21-31(38-6)30(37-5)20-24(25)13-11-23-12-14-28(35-3)29(19-23)36-4;;;/h7-10,12,14,19-22H,15-18H2,1-6H3;2*1H;1H2. The number of hydrogen-bond acceptors (Lipinski definition) is 7. The third-order valence-electron chi connectivity index (χ3n) is 7.02. The zero-order valence-electron chi connectivity index (χ0n) is 24.4. The van der Waals surface area contributed by atoms with E-state index in [9.17, 15) is 0 Å². The molecule has 1 fully saturated rings. The summed E-state index contributed by atoms with van der Waals surface area (Å²) in [5.41, 5.74) is 3.97. The van der Waals surface area contributed by atoms with Gasteiger partial charge in [-0.1, -0.05) is 24.0 Å². The first-order chi connectivity index (χ1) is 18.5. The van der Waals surface area contributed by atoms with Crippen LogP contribution in [0, 0.1) is 11.8 Å². The SMILES string of the molecule is COc1ccc(C#Cc2cc(OC)c(OC)cc2C(C)N2CCN(c3ccccc3OC)CC2)cc1OC.Cl.Cl.O. The minimum Gasteiger partial charge on any atom is -0.495 e. The lowest BCUT2D eigenvalue weighted by Gasteiger charge is -2.40. The largest absolute Gasteiger partial charge is 0.495 e. The molecule has 0 amide bonds. The second-order valence-electron chi connectivity index (χ2n) is 8.99. The zero-order valence-corrected chi connectivity index (χ0v) is 26.0. The van der Waals surface area contributed by atoms with Crippen LogP contribution in [0.3, 0.4) is 0 Å². The number of nitrogens with zero attached hydrogens (tertiary/aromatic N) is 2. The Kier molecular flexibility index (Phi) is 14.5. The Hall–Kier alpha value is -3.48. The first kappa shape index (κ1) is 35.5. The fourth-order valence-corrected chi connectivity index (χ4v) is 4.84. The number of hydrogen-bond donors (Lipinski definition) is 0. The van der Waals surface area contributed by atoms with Gasteiger partial charge in [0.2, 0.25) is 0 Å². The van der Waals surface area contributed by atoms with E-state index in [1.165, 1.54) is 0 Å². The Morgan fingerprint density at radius 1 is 0.634 bits per heavy atom. The Morgan fingerprint density at radius 2 is 1.20 bits per heavy atom. The lowest BCUT2D eigenvalue weighted by atomic mass is 9.98. The minimum absolute atomic E-state index is 0. The first-order valence-corrected chi connectivity index (χ1v) is 12.6. The second kappa shape index (κ2) is 16.7. The van der Waals surface area contributed by atoms with Gasteiger partial charge in [-0.05, 0) is 55.0 Å².